The third kappa shape index (κ3) is 4.93. The van der Waals surface area contributed by atoms with E-state index in [1.165, 1.54) is 7.11 Å². The van der Waals surface area contributed by atoms with E-state index in [4.69, 9.17) is 9.26 Å². The van der Waals surface area contributed by atoms with Crippen LogP contribution < -0.4 is 5.32 Å². The Hall–Kier alpha value is -2.90. The van der Waals surface area contributed by atoms with Gasteiger partial charge < -0.3 is 19.5 Å². The predicted octanol–water partition coefficient (Wildman–Crippen LogP) is 2.51. The van der Waals surface area contributed by atoms with Crippen LogP contribution in [0.4, 0.5) is 0 Å². The fourth-order valence-electron chi connectivity index (χ4n) is 3.62. The van der Waals surface area contributed by atoms with Crippen molar-refractivity contribution in [2.75, 3.05) is 27.2 Å². The molecule has 0 aliphatic carbocycles. The largest absolute Gasteiger partial charge is 0.469 e. The van der Waals surface area contributed by atoms with Crippen LogP contribution in [0, 0.1) is 11.8 Å². The van der Waals surface area contributed by atoms with Crippen LogP contribution in [0.25, 0.3) is 11.5 Å². The van der Waals surface area contributed by atoms with Crippen molar-refractivity contribution in [3.63, 3.8) is 0 Å². The maximum absolute atomic E-state index is 11.9. The summed E-state index contributed by atoms with van der Waals surface area (Å²) in [5.41, 5.74) is 1.98. The molecule has 1 N–H and O–H groups in total. The first-order valence-electron chi connectivity index (χ1n) is 10.0. The molecule has 1 aromatic carbocycles. The zero-order valence-corrected chi connectivity index (χ0v) is 17.5. The van der Waals surface area contributed by atoms with Crippen molar-refractivity contribution in [3.8, 4) is 11.5 Å². The van der Waals surface area contributed by atoms with Crippen molar-refractivity contribution >= 4 is 11.9 Å². The third-order valence-electron chi connectivity index (χ3n) is 5.19. The second-order valence-corrected chi connectivity index (χ2v) is 7.38. The molecule has 1 fully saturated rings. The Morgan fingerprint density at radius 3 is 2.97 bits per heavy atom. The monoisotopic (exact) mass is 399 g/mol. The van der Waals surface area contributed by atoms with Crippen LogP contribution in [0.3, 0.4) is 0 Å². The van der Waals surface area contributed by atoms with Crippen LogP contribution in [0.15, 0.2) is 33.8 Å². The molecule has 2 unspecified atom stereocenters. The predicted molar refractivity (Wildman–Crippen MR) is 110 cm³/mol. The molecule has 0 spiro atoms. The van der Waals surface area contributed by atoms with Gasteiger partial charge in [-0.1, -0.05) is 31.1 Å². The number of carbonyl (C=O) groups excluding carboxylic acids is 1. The van der Waals surface area contributed by atoms with Crippen molar-refractivity contribution in [3.05, 3.63) is 35.7 Å². The van der Waals surface area contributed by atoms with E-state index in [1.807, 2.05) is 24.3 Å². The first-order chi connectivity index (χ1) is 14.0. The van der Waals surface area contributed by atoms with Gasteiger partial charge in [-0.15, -0.1) is 0 Å². The van der Waals surface area contributed by atoms with Crippen LogP contribution in [0.1, 0.15) is 31.7 Å². The number of hydrogen-bond acceptors (Lipinski definition) is 6. The van der Waals surface area contributed by atoms with Gasteiger partial charge in [0.25, 0.3) is 5.89 Å². The highest BCUT2D eigenvalue weighted by atomic mass is 16.5. The molecule has 1 aromatic heterocycles. The van der Waals surface area contributed by atoms with Gasteiger partial charge in [-0.25, -0.2) is 0 Å². The molecule has 3 rings (SSSR count). The lowest BCUT2D eigenvalue weighted by atomic mass is 9.99. The number of ether oxygens (including phenoxy) is 1. The molecule has 2 aromatic rings. The molecule has 8 nitrogen and oxygen atoms in total. The molecule has 29 heavy (non-hydrogen) atoms. The number of carbonyl (C=O) groups is 1. The van der Waals surface area contributed by atoms with E-state index in [9.17, 15) is 4.79 Å². The number of rotatable bonds is 6. The summed E-state index contributed by atoms with van der Waals surface area (Å²) in [5, 5.41) is 7.41. The molecular formula is C21H29N5O3. The second kappa shape index (κ2) is 9.54. The van der Waals surface area contributed by atoms with Gasteiger partial charge in [0, 0.05) is 38.7 Å². The van der Waals surface area contributed by atoms with Crippen molar-refractivity contribution in [1.29, 1.82) is 0 Å². The Balaban J connectivity index is 1.63. The van der Waals surface area contributed by atoms with Crippen molar-refractivity contribution in [2.24, 2.45) is 16.8 Å². The molecule has 156 valence electrons. The lowest BCUT2D eigenvalue weighted by molar-refractivity contribution is -0.145. The molecule has 2 heterocycles. The molecule has 2 atom stereocenters. The van der Waals surface area contributed by atoms with Crippen LogP contribution in [0.5, 0.6) is 0 Å². The van der Waals surface area contributed by atoms with E-state index < -0.39 is 0 Å². The molecular weight excluding hydrogens is 370 g/mol. The summed E-state index contributed by atoms with van der Waals surface area (Å²) in [6.45, 7) is 6.13. The fourth-order valence-corrected chi connectivity index (χ4v) is 3.62. The third-order valence-corrected chi connectivity index (χ3v) is 5.19. The van der Waals surface area contributed by atoms with Crippen molar-refractivity contribution in [2.45, 2.75) is 33.2 Å². The fraction of sp³-hybridized carbons (Fsp3) is 0.524. The maximum atomic E-state index is 11.9. The zero-order valence-electron chi connectivity index (χ0n) is 17.5. The Morgan fingerprint density at radius 1 is 1.41 bits per heavy atom. The van der Waals surface area contributed by atoms with E-state index in [0.29, 0.717) is 19.0 Å². The SMILES string of the molecule is CCCc1noc(-c2cccc(CNC(=NC)N3CC(C)C(C(=O)OC)C3)c2)n1. The van der Waals surface area contributed by atoms with Gasteiger partial charge in [-0.05, 0) is 30.0 Å². The molecule has 0 bridgehead atoms. The summed E-state index contributed by atoms with van der Waals surface area (Å²) < 4.78 is 10.3. The Bertz CT molecular complexity index is 864. The average molecular weight is 399 g/mol. The molecule has 0 radical (unpaired) electrons. The average Bonchev–Trinajstić information content (AvgIpc) is 3.35. The zero-order chi connectivity index (χ0) is 20.8. The summed E-state index contributed by atoms with van der Waals surface area (Å²) in [4.78, 5) is 22.9. The Kier molecular flexibility index (Phi) is 6.85. The highest BCUT2D eigenvalue weighted by Gasteiger charge is 2.36. The number of hydrogen-bond donors (Lipinski definition) is 1. The minimum absolute atomic E-state index is 0.128. The highest BCUT2D eigenvalue weighted by Crippen LogP contribution is 2.24. The summed E-state index contributed by atoms with van der Waals surface area (Å²) in [7, 11) is 3.19. The van der Waals surface area contributed by atoms with Crippen molar-refractivity contribution in [1.82, 2.24) is 20.4 Å². The van der Waals surface area contributed by atoms with E-state index in [1.54, 1.807) is 7.05 Å². The van der Waals surface area contributed by atoms with Gasteiger partial charge >= 0.3 is 5.97 Å². The quantitative estimate of drug-likeness (QED) is 0.453. The number of aryl methyl sites for hydroxylation is 1. The van der Waals surface area contributed by atoms with Gasteiger partial charge in [0.1, 0.15) is 0 Å². The topological polar surface area (TPSA) is 92.9 Å². The first kappa shape index (κ1) is 20.8. The number of likely N-dealkylation sites (tertiary alicyclic amines) is 1. The van der Waals surface area contributed by atoms with Gasteiger partial charge in [0.15, 0.2) is 11.8 Å². The van der Waals surface area contributed by atoms with E-state index >= 15 is 0 Å². The van der Waals surface area contributed by atoms with E-state index in [0.717, 1.165) is 42.3 Å². The molecule has 0 saturated carbocycles. The van der Waals surface area contributed by atoms with Crippen LogP contribution >= 0.6 is 0 Å². The summed E-state index contributed by atoms with van der Waals surface area (Å²) >= 11 is 0. The number of aromatic nitrogens is 2. The minimum Gasteiger partial charge on any atom is -0.469 e. The molecule has 0 amide bonds. The molecule has 1 aliphatic rings. The van der Waals surface area contributed by atoms with Gasteiger partial charge in [-0.2, -0.15) is 4.98 Å². The normalized spacial score (nSPS) is 19.4. The first-order valence-corrected chi connectivity index (χ1v) is 10.0. The van der Waals surface area contributed by atoms with Gasteiger partial charge in [0.05, 0.1) is 13.0 Å². The number of benzene rings is 1. The van der Waals surface area contributed by atoms with Gasteiger partial charge in [0.2, 0.25) is 0 Å². The molecule has 1 aliphatic heterocycles. The lowest BCUT2D eigenvalue weighted by Crippen LogP contribution is -2.40. The van der Waals surface area contributed by atoms with Crippen LogP contribution in [-0.4, -0.2) is 54.2 Å². The van der Waals surface area contributed by atoms with Gasteiger partial charge in [-0.3, -0.25) is 9.79 Å². The van der Waals surface area contributed by atoms with Crippen LogP contribution in [0.2, 0.25) is 0 Å². The Labute approximate surface area is 171 Å². The number of esters is 1. The minimum atomic E-state index is -0.162. The summed E-state index contributed by atoms with van der Waals surface area (Å²) in [6, 6.07) is 8.01. The molecule has 1 saturated heterocycles. The Morgan fingerprint density at radius 2 is 2.24 bits per heavy atom. The second-order valence-electron chi connectivity index (χ2n) is 7.38. The summed E-state index contributed by atoms with van der Waals surface area (Å²) in [5.74, 6) is 1.97. The lowest BCUT2D eigenvalue weighted by Gasteiger charge is -2.21. The smallest absolute Gasteiger partial charge is 0.310 e. The number of guanidine groups is 1. The maximum Gasteiger partial charge on any atom is 0.310 e. The van der Waals surface area contributed by atoms with E-state index in [-0.39, 0.29) is 17.8 Å². The number of aliphatic imine (C=N–C) groups is 1. The summed E-state index contributed by atoms with van der Waals surface area (Å²) in [6.07, 6.45) is 1.79. The standard InChI is InChI=1S/C21H29N5O3/c1-5-7-18-24-19(29-25-18)16-9-6-8-15(10-16)11-23-21(22-3)26-12-14(2)17(13-26)20(27)28-4/h6,8-10,14,17H,5,7,11-13H2,1-4H3,(H,22,23). The van der Waals surface area contributed by atoms with Crippen LogP contribution in [-0.2, 0) is 22.5 Å². The number of nitrogens with zero attached hydrogens (tertiary/aromatic N) is 4. The number of methoxy groups -OCH3 is 1. The van der Waals surface area contributed by atoms with E-state index in [2.05, 4.69) is 39.2 Å². The number of nitrogens with one attached hydrogen (secondary N) is 1. The van der Waals surface area contributed by atoms with Crippen molar-refractivity contribution < 1.29 is 14.1 Å². The molecule has 8 heteroatoms. The highest BCUT2D eigenvalue weighted by molar-refractivity contribution is 5.82.